The van der Waals surface area contributed by atoms with Crippen LogP contribution in [0.15, 0.2) is 39.0 Å². The van der Waals surface area contributed by atoms with Crippen LogP contribution >= 0.6 is 11.6 Å². The molecule has 0 saturated carbocycles. The maximum Gasteiger partial charge on any atom is 0.332 e. The van der Waals surface area contributed by atoms with E-state index >= 15 is 0 Å². The lowest BCUT2D eigenvalue weighted by atomic mass is 10.2. The van der Waals surface area contributed by atoms with Crippen LogP contribution in [0.25, 0.3) is 11.2 Å². The first-order valence-corrected chi connectivity index (χ1v) is 9.26. The Hall–Kier alpha value is -2.39. The van der Waals surface area contributed by atoms with Crippen LogP contribution < -0.4 is 11.2 Å². The Morgan fingerprint density at radius 3 is 2.20 bits per heavy atom. The van der Waals surface area contributed by atoms with Crippen LogP contribution in [0.1, 0.15) is 5.56 Å². The molecule has 0 saturated heterocycles. The second-order valence-corrected chi connectivity index (χ2v) is 8.04. The second kappa shape index (κ2) is 5.85. The number of fused-ring (bicyclic) bond motifs is 1. The molecule has 0 aliphatic heterocycles. The van der Waals surface area contributed by atoms with E-state index in [-0.39, 0.29) is 22.1 Å². The summed E-state index contributed by atoms with van der Waals surface area (Å²) in [4.78, 5) is 28.4. The Labute approximate surface area is 147 Å². The zero-order valence-electron chi connectivity index (χ0n) is 13.7. The zero-order valence-corrected chi connectivity index (χ0v) is 15.3. The third-order valence-corrected chi connectivity index (χ3v) is 5.87. The van der Waals surface area contributed by atoms with Crippen molar-refractivity contribution in [1.82, 2.24) is 18.7 Å². The summed E-state index contributed by atoms with van der Waals surface area (Å²) in [5, 5.41) is 0.234. The number of sulfone groups is 1. The molecule has 0 bridgehead atoms. The molecule has 0 aliphatic carbocycles. The Morgan fingerprint density at radius 1 is 1.00 bits per heavy atom. The summed E-state index contributed by atoms with van der Waals surface area (Å²) < 4.78 is 28.8. The van der Waals surface area contributed by atoms with Gasteiger partial charge in [-0.2, -0.15) is 4.98 Å². The third kappa shape index (κ3) is 2.79. The minimum atomic E-state index is -3.83. The van der Waals surface area contributed by atoms with E-state index in [1.54, 1.807) is 24.3 Å². The minimum Gasteiger partial charge on any atom is -0.312 e. The lowest BCUT2D eigenvalue weighted by molar-refractivity contribution is 0.579. The van der Waals surface area contributed by atoms with Crippen molar-refractivity contribution in [3.8, 4) is 0 Å². The van der Waals surface area contributed by atoms with Gasteiger partial charge in [0.25, 0.3) is 5.56 Å². The van der Waals surface area contributed by atoms with Crippen LogP contribution in [0.5, 0.6) is 0 Å². The molecule has 3 aromatic rings. The van der Waals surface area contributed by atoms with Crippen LogP contribution in [0, 0.1) is 0 Å². The lowest BCUT2D eigenvalue weighted by Crippen LogP contribution is -2.37. The SMILES string of the molecule is Cn1c(=O)c2c(nc(S(=O)(=O)Cc3ccc(Cl)cc3)n2C)n(C)c1=O. The highest BCUT2D eigenvalue weighted by molar-refractivity contribution is 7.90. The van der Waals surface area contributed by atoms with E-state index in [1.807, 2.05) is 0 Å². The van der Waals surface area contributed by atoms with Gasteiger partial charge in [0.2, 0.25) is 15.0 Å². The number of rotatable bonds is 3. The molecule has 10 heteroatoms. The number of hydrogen-bond acceptors (Lipinski definition) is 5. The van der Waals surface area contributed by atoms with Crippen LogP contribution in [-0.4, -0.2) is 27.1 Å². The third-order valence-electron chi connectivity index (χ3n) is 3.98. The summed E-state index contributed by atoms with van der Waals surface area (Å²) in [6, 6.07) is 6.41. The Morgan fingerprint density at radius 2 is 1.60 bits per heavy atom. The summed E-state index contributed by atoms with van der Waals surface area (Å²) in [7, 11) is 0.377. The van der Waals surface area contributed by atoms with E-state index in [1.165, 1.54) is 25.7 Å². The number of aryl methyl sites for hydroxylation is 2. The molecular weight excluding hydrogens is 368 g/mol. The fourth-order valence-corrected chi connectivity index (χ4v) is 4.26. The Balaban J connectivity index is 2.22. The second-order valence-electron chi connectivity index (χ2n) is 5.72. The number of benzene rings is 1. The quantitative estimate of drug-likeness (QED) is 0.660. The minimum absolute atomic E-state index is 0.0327. The van der Waals surface area contributed by atoms with Crippen molar-refractivity contribution >= 4 is 32.6 Å². The van der Waals surface area contributed by atoms with Crippen molar-refractivity contribution in [2.24, 2.45) is 21.1 Å². The molecule has 0 amide bonds. The standard InChI is InChI=1S/C15H15ClN4O4S/c1-18-11-12(19(2)15(22)20(3)13(11)21)17-14(18)25(23,24)8-9-4-6-10(16)7-5-9/h4-7H,8H2,1-3H3. The van der Waals surface area contributed by atoms with Gasteiger partial charge < -0.3 is 4.57 Å². The van der Waals surface area contributed by atoms with Crippen molar-refractivity contribution < 1.29 is 8.42 Å². The summed E-state index contributed by atoms with van der Waals surface area (Å²) in [6.45, 7) is 0. The molecule has 1 aromatic carbocycles. The van der Waals surface area contributed by atoms with Crippen LogP contribution in [0.3, 0.4) is 0 Å². The molecule has 0 N–H and O–H groups in total. The number of aromatic nitrogens is 4. The molecule has 3 rings (SSSR count). The van der Waals surface area contributed by atoms with Gasteiger partial charge in [-0.15, -0.1) is 0 Å². The zero-order chi connectivity index (χ0) is 18.5. The molecule has 0 unspecified atom stereocenters. The molecule has 25 heavy (non-hydrogen) atoms. The predicted molar refractivity (Wildman–Crippen MR) is 93.5 cm³/mol. The first kappa shape index (κ1) is 17.4. The van der Waals surface area contributed by atoms with Gasteiger partial charge in [-0.05, 0) is 17.7 Å². The Kier molecular flexibility index (Phi) is 4.08. The highest BCUT2D eigenvalue weighted by atomic mass is 35.5. The fraction of sp³-hybridized carbons (Fsp3) is 0.267. The molecule has 132 valence electrons. The van der Waals surface area contributed by atoms with Gasteiger partial charge in [0.1, 0.15) is 0 Å². The topological polar surface area (TPSA) is 96.0 Å². The maximum atomic E-state index is 12.8. The van der Waals surface area contributed by atoms with Crippen molar-refractivity contribution in [3.63, 3.8) is 0 Å². The van der Waals surface area contributed by atoms with E-state index in [0.717, 1.165) is 9.13 Å². The van der Waals surface area contributed by atoms with Crippen LogP contribution in [-0.2, 0) is 36.7 Å². The predicted octanol–water partition coefficient (Wildman–Crippen LogP) is 0.598. The largest absolute Gasteiger partial charge is 0.332 e. The molecule has 2 heterocycles. The maximum absolute atomic E-state index is 12.8. The van der Waals surface area contributed by atoms with Gasteiger partial charge in [0.05, 0.1) is 5.75 Å². The van der Waals surface area contributed by atoms with E-state index < -0.39 is 21.1 Å². The van der Waals surface area contributed by atoms with Gasteiger partial charge in [-0.1, -0.05) is 23.7 Å². The molecule has 0 radical (unpaired) electrons. The highest BCUT2D eigenvalue weighted by Crippen LogP contribution is 2.19. The first-order valence-electron chi connectivity index (χ1n) is 7.23. The summed E-state index contributed by atoms with van der Waals surface area (Å²) in [6.07, 6.45) is 0. The number of hydrogen-bond donors (Lipinski definition) is 0. The summed E-state index contributed by atoms with van der Waals surface area (Å²) in [5.41, 5.74) is -0.541. The van der Waals surface area contributed by atoms with E-state index in [2.05, 4.69) is 4.98 Å². The summed E-state index contributed by atoms with van der Waals surface area (Å²) >= 11 is 5.81. The number of nitrogens with zero attached hydrogens (tertiary/aromatic N) is 4. The monoisotopic (exact) mass is 382 g/mol. The van der Waals surface area contributed by atoms with Gasteiger partial charge in [0, 0.05) is 26.2 Å². The molecular formula is C15H15ClN4O4S. The van der Waals surface area contributed by atoms with Gasteiger partial charge in [-0.25, -0.2) is 13.2 Å². The number of halogens is 1. The number of imidazole rings is 1. The average Bonchev–Trinajstić information content (AvgIpc) is 2.91. The van der Waals surface area contributed by atoms with E-state index in [9.17, 15) is 18.0 Å². The average molecular weight is 383 g/mol. The lowest BCUT2D eigenvalue weighted by Gasteiger charge is -2.05. The van der Waals surface area contributed by atoms with Crippen LogP contribution in [0.2, 0.25) is 5.02 Å². The smallest absolute Gasteiger partial charge is 0.312 e. The van der Waals surface area contributed by atoms with E-state index in [4.69, 9.17) is 11.6 Å². The van der Waals surface area contributed by atoms with Gasteiger partial charge in [-0.3, -0.25) is 13.9 Å². The normalized spacial score (nSPS) is 12.0. The highest BCUT2D eigenvalue weighted by Gasteiger charge is 2.26. The molecule has 0 atom stereocenters. The van der Waals surface area contributed by atoms with Crippen molar-refractivity contribution in [3.05, 3.63) is 55.7 Å². The summed E-state index contributed by atoms with van der Waals surface area (Å²) in [5.74, 6) is -0.296. The van der Waals surface area contributed by atoms with E-state index in [0.29, 0.717) is 10.6 Å². The Bertz CT molecular complexity index is 1200. The molecule has 8 nitrogen and oxygen atoms in total. The van der Waals surface area contributed by atoms with Crippen molar-refractivity contribution in [1.29, 1.82) is 0 Å². The molecule has 0 aliphatic rings. The van der Waals surface area contributed by atoms with Crippen molar-refractivity contribution in [2.45, 2.75) is 10.9 Å². The van der Waals surface area contributed by atoms with Gasteiger partial charge in [0.15, 0.2) is 11.2 Å². The fourth-order valence-electron chi connectivity index (χ4n) is 2.64. The van der Waals surface area contributed by atoms with Crippen LogP contribution in [0.4, 0.5) is 0 Å². The first-order chi connectivity index (χ1) is 11.6. The molecule has 0 fully saturated rings. The molecule has 2 aromatic heterocycles. The van der Waals surface area contributed by atoms with Gasteiger partial charge >= 0.3 is 5.69 Å². The molecule has 0 spiro atoms. The van der Waals surface area contributed by atoms with Crippen molar-refractivity contribution in [2.75, 3.05) is 0 Å².